The predicted octanol–water partition coefficient (Wildman–Crippen LogP) is 3.41. The van der Waals surface area contributed by atoms with Crippen molar-refractivity contribution in [1.82, 2.24) is 4.90 Å². The summed E-state index contributed by atoms with van der Waals surface area (Å²) in [5, 5.41) is 0. The van der Waals surface area contributed by atoms with Crippen LogP contribution in [-0.4, -0.2) is 31.1 Å². The van der Waals surface area contributed by atoms with Gasteiger partial charge in [0.15, 0.2) is 0 Å². The van der Waals surface area contributed by atoms with Crippen LogP contribution in [0.2, 0.25) is 0 Å². The van der Waals surface area contributed by atoms with Gasteiger partial charge in [-0.3, -0.25) is 4.90 Å². The van der Waals surface area contributed by atoms with Crippen LogP contribution in [0.5, 0.6) is 5.75 Å². The second-order valence-corrected chi connectivity index (χ2v) is 4.80. The fraction of sp³-hybridized carbons (Fsp3) is 0.600. The van der Waals surface area contributed by atoms with Crippen LogP contribution >= 0.6 is 0 Å². The van der Waals surface area contributed by atoms with Gasteiger partial charge in [0.05, 0.1) is 6.04 Å². The first-order valence-corrected chi connectivity index (χ1v) is 7.00. The van der Waals surface area contributed by atoms with Gasteiger partial charge in [-0.25, -0.2) is 0 Å². The standard InChI is InChI=1S/C15H24F2N2O/c1-4-11(5-2)19(3)13(10-18)12-8-6-7-9-14(12)20-15(16)17/h6-9,11,13,15H,4-5,10,18H2,1-3H3. The zero-order valence-electron chi connectivity index (χ0n) is 12.4. The molecule has 0 amide bonds. The number of alkyl halides is 2. The molecule has 0 bridgehead atoms. The highest BCUT2D eigenvalue weighted by Gasteiger charge is 2.24. The van der Waals surface area contributed by atoms with Crippen molar-refractivity contribution in [2.45, 2.75) is 45.4 Å². The third-order valence-electron chi connectivity index (χ3n) is 3.73. The van der Waals surface area contributed by atoms with E-state index in [-0.39, 0.29) is 11.8 Å². The summed E-state index contributed by atoms with van der Waals surface area (Å²) in [4.78, 5) is 2.15. The van der Waals surface area contributed by atoms with E-state index in [1.54, 1.807) is 18.2 Å². The van der Waals surface area contributed by atoms with Crippen molar-refractivity contribution in [2.75, 3.05) is 13.6 Å². The molecule has 1 rings (SSSR count). The fourth-order valence-corrected chi connectivity index (χ4v) is 2.59. The highest BCUT2D eigenvalue weighted by molar-refractivity contribution is 5.36. The first-order chi connectivity index (χ1) is 9.54. The van der Waals surface area contributed by atoms with Gasteiger partial charge in [0.2, 0.25) is 0 Å². The maximum atomic E-state index is 12.5. The third kappa shape index (κ3) is 4.15. The molecule has 0 spiro atoms. The van der Waals surface area contributed by atoms with E-state index in [1.807, 2.05) is 13.1 Å². The summed E-state index contributed by atoms with van der Waals surface area (Å²) >= 11 is 0. The van der Waals surface area contributed by atoms with Crippen LogP contribution in [0.3, 0.4) is 0 Å². The van der Waals surface area contributed by atoms with Gasteiger partial charge in [-0.15, -0.1) is 0 Å². The SMILES string of the molecule is CCC(CC)N(C)C(CN)c1ccccc1OC(F)F. The van der Waals surface area contributed by atoms with E-state index >= 15 is 0 Å². The molecule has 0 saturated carbocycles. The molecule has 0 aliphatic heterocycles. The molecule has 1 aromatic rings. The van der Waals surface area contributed by atoms with Crippen LogP contribution in [0.25, 0.3) is 0 Å². The summed E-state index contributed by atoms with van der Waals surface area (Å²) in [6.45, 7) is 1.75. The molecule has 1 unspecified atom stereocenters. The van der Waals surface area contributed by atoms with Crippen LogP contribution in [0, 0.1) is 0 Å². The number of rotatable bonds is 8. The Morgan fingerprint density at radius 2 is 1.80 bits per heavy atom. The van der Waals surface area contributed by atoms with Gasteiger partial charge in [0.1, 0.15) is 5.75 Å². The lowest BCUT2D eigenvalue weighted by Gasteiger charge is -2.34. The molecule has 2 N–H and O–H groups in total. The minimum absolute atomic E-state index is 0.130. The summed E-state index contributed by atoms with van der Waals surface area (Å²) in [7, 11) is 1.98. The molecule has 0 aromatic heterocycles. The van der Waals surface area contributed by atoms with E-state index < -0.39 is 6.61 Å². The van der Waals surface area contributed by atoms with E-state index in [0.29, 0.717) is 18.2 Å². The van der Waals surface area contributed by atoms with Gasteiger partial charge in [-0.2, -0.15) is 8.78 Å². The summed E-state index contributed by atoms with van der Waals surface area (Å²) in [6.07, 6.45) is 1.97. The normalized spacial score (nSPS) is 13.2. The number of likely N-dealkylation sites (N-methyl/N-ethyl adjacent to an activating group) is 1. The minimum Gasteiger partial charge on any atom is -0.434 e. The first kappa shape index (κ1) is 16.9. The lowest BCUT2D eigenvalue weighted by molar-refractivity contribution is -0.0512. The van der Waals surface area contributed by atoms with Gasteiger partial charge in [-0.1, -0.05) is 32.0 Å². The molecule has 0 fully saturated rings. The van der Waals surface area contributed by atoms with E-state index in [2.05, 4.69) is 23.5 Å². The second kappa shape index (κ2) is 8.17. The molecule has 1 atom stereocenters. The number of nitrogens with two attached hydrogens (primary N) is 1. The van der Waals surface area contributed by atoms with E-state index in [4.69, 9.17) is 5.73 Å². The molecule has 0 radical (unpaired) electrons. The lowest BCUT2D eigenvalue weighted by atomic mass is 10.0. The molecule has 0 heterocycles. The van der Waals surface area contributed by atoms with Gasteiger partial charge in [0, 0.05) is 18.2 Å². The molecular formula is C15H24F2N2O. The van der Waals surface area contributed by atoms with Crippen molar-refractivity contribution >= 4 is 0 Å². The third-order valence-corrected chi connectivity index (χ3v) is 3.73. The highest BCUT2D eigenvalue weighted by Crippen LogP contribution is 2.31. The number of halogens is 2. The summed E-state index contributed by atoms with van der Waals surface area (Å²) in [6, 6.07) is 7.10. The molecule has 3 nitrogen and oxygen atoms in total. The number of nitrogens with zero attached hydrogens (tertiary/aromatic N) is 1. The van der Waals surface area contributed by atoms with Crippen molar-refractivity contribution in [3.05, 3.63) is 29.8 Å². The molecular weight excluding hydrogens is 262 g/mol. The Morgan fingerprint density at radius 3 is 2.30 bits per heavy atom. The van der Waals surface area contributed by atoms with Crippen LogP contribution < -0.4 is 10.5 Å². The quantitative estimate of drug-likeness (QED) is 0.796. The smallest absolute Gasteiger partial charge is 0.387 e. The average molecular weight is 286 g/mol. The fourth-order valence-electron chi connectivity index (χ4n) is 2.59. The van der Waals surface area contributed by atoms with Crippen molar-refractivity contribution in [1.29, 1.82) is 0 Å². The van der Waals surface area contributed by atoms with Crippen molar-refractivity contribution in [3.63, 3.8) is 0 Å². The summed E-state index contributed by atoms with van der Waals surface area (Å²) in [5.74, 6) is 0.204. The molecule has 0 aliphatic rings. The van der Waals surface area contributed by atoms with Gasteiger partial charge < -0.3 is 10.5 Å². The van der Waals surface area contributed by atoms with Crippen molar-refractivity contribution in [3.8, 4) is 5.75 Å². The monoisotopic (exact) mass is 286 g/mol. The Balaban J connectivity index is 3.05. The van der Waals surface area contributed by atoms with Crippen LogP contribution in [0.1, 0.15) is 38.3 Å². The molecule has 114 valence electrons. The van der Waals surface area contributed by atoms with E-state index in [1.165, 1.54) is 0 Å². The summed E-state index contributed by atoms with van der Waals surface area (Å²) in [5.41, 5.74) is 6.58. The van der Waals surface area contributed by atoms with Crippen LogP contribution in [0.15, 0.2) is 24.3 Å². The first-order valence-electron chi connectivity index (χ1n) is 7.00. The molecule has 20 heavy (non-hydrogen) atoms. The number of ether oxygens (including phenoxy) is 1. The molecule has 5 heteroatoms. The minimum atomic E-state index is -2.83. The van der Waals surface area contributed by atoms with Gasteiger partial charge in [-0.05, 0) is 26.0 Å². The number of benzene rings is 1. The maximum Gasteiger partial charge on any atom is 0.387 e. The maximum absolute atomic E-state index is 12.5. The zero-order chi connectivity index (χ0) is 15.1. The summed E-state index contributed by atoms with van der Waals surface area (Å²) < 4.78 is 29.6. The highest BCUT2D eigenvalue weighted by atomic mass is 19.3. The Kier molecular flexibility index (Phi) is 6.88. The molecule has 1 aromatic carbocycles. The average Bonchev–Trinajstić information content (AvgIpc) is 2.42. The number of hydrogen-bond donors (Lipinski definition) is 1. The Labute approximate surface area is 119 Å². The zero-order valence-corrected chi connectivity index (χ0v) is 12.4. The van der Waals surface area contributed by atoms with Gasteiger partial charge in [0.25, 0.3) is 0 Å². The van der Waals surface area contributed by atoms with Crippen LogP contribution in [0.4, 0.5) is 8.78 Å². The van der Waals surface area contributed by atoms with E-state index in [9.17, 15) is 8.78 Å². The largest absolute Gasteiger partial charge is 0.434 e. The topological polar surface area (TPSA) is 38.5 Å². The predicted molar refractivity (Wildman–Crippen MR) is 77.0 cm³/mol. The Hall–Kier alpha value is -1.20. The lowest BCUT2D eigenvalue weighted by Crippen LogP contribution is -2.38. The Bertz CT molecular complexity index is 397. The molecule has 0 aliphatic carbocycles. The van der Waals surface area contributed by atoms with Gasteiger partial charge >= 0.3 is 6.61 Å². The Morgan fingerprint density at radius 1 is 1.20 bits per heavy atom. The second-order valence-electron chi connectivity index (χ2n) is 4.80. The number of para-hydroxylation sites is 1. The van der Waals surface area contributed by atoms with E-state index in [0.717, 1.165) is 12.8 Å². The molecule has 0 saturated heterocycles. The van der Waals surface area contributed by atoms with Crippen molar-refractivity contribution in [2.24, 2.45) is 5.73 Å². The van der Waals surface area contributed by atoms with Crippen molar-refractivity contribution < 1.29 is 13.5 Å². The van der Waals surface area contributed by atoms with Crippen LogP contribution in [-0.2, 0) is 0 Å². The number of hydrogen-bond acceptors (Lipinski definition) is 3.